The molecule has 2 aromatic rings. The summed E-state index contributed by atoms with van der Waals surface area (Å²) in [7, 11) is 0. The highest BCUT2D eigenvalue weighted by Gasteiger charge is 2.08. The number of rotatable bonds is 0. The quantitative estimate of drug-likeness (QED) is 0.722. The number of aromatic nitrogens is 1. The third-order valence-electron chi connectivity index (χ3n) is 2.44. The number of nitrogens with zero attached hydrogens (tertiary/aromatic N) is 1. The molecule has 0 fully saturated rings. The summed E-state index contributed by atoms with van der Waals surface area (Å²) in [6.45, 7) is 5.06. The van der Waals surface area contributed by atoms with E-state index in [2.05, 4.69) is 16.8 Å². The SMILES string of the molecule is Cc1cnc2c(C#CC(C)(C)O)ccc(F)c2c1. The van der Waals surface area contributed by atoms with Gasteiger partial charge in [-0.3, -0.25) is 4.98 Å². The molecule has 0 bridgehead atoms. The lowest BCUT2D eigenvalue weighted by Gasteiger charge is -2.07. The minimum Gasteiger partial charge on any atom is -0.378 e. The molecule has 1 N–H and O–H groups in total. The first-order valence-electron chi connectivity index (χ1n) is 5.67. The van der Waals surface area contributed by atoms with Gasteiger partial charge in [0, 0.05) is 11.6 Å². The minimum absolute atomic E-state index is 0.310. The van der Waals surface area contributed by atoms with Crippen molar-refractivity contribution in [1.82, 2.24) is 4.98 Å². The number of aryl methyl sites for hydroxylation is 1. The van der Waals surface area contributed by atoms with E-state index in [1.165, 1.54) is 6.07 Å². The molecule has 1 aromatic heterocycles. The van der Waals surface area contributed by atoms with Crippen LogP contribution < -0.4 is 0 Å². The molecule has 2 rings (SSSR count). The minimum atomic E-state index is -1.08. The third kappa shape index (κ3) is 2.66. The Labute approximate surface area is 105 Å². The molecule has 0 atom stereocenters. The Morgan fingerprint density at radius 3 is 2.72 bits per heavy atom. The van der Waals surface area contributed by atoms with Crippen LogP contribution in [0.3, 0.4) is 0 Å². The summed E-state index contributed by atoms with van der Waals surface area (Å²) in [6, 6.07) is 4.70. The molecular weight excluding hydrogens is 229 g/mol. The molecule has 0 radical (unpaired) electrons. The number of hydrogen-bond acceptors (Lipinski definition) is 2. The zero-order valence-electron chi connectivity index (χ0n) is 10.6. The summed E-state index contributed by atoms with van der Waals surface area (Å²) >= 11 is 0. The second kappa shape index (κ2) is 4.40. The number of halogens is 1. The van der Waals surface area contributed by atoms with Crippen molar-refractivity contribution >= 4 is 10.9 Å². The molecule has 2 nitrogen and oxygen atoms in total. The van der Waals surface area contributed by atoms with Crippen molar-refractivity contribution in [3.8, 4) is 11.8 Å². The van der Waals surface area contributed by atoms with E-state index >= 15 is 0 Å². The maximum atomic E-state index is 13.7. The van der Waals surface area contributed by atoms with Gasteiger partial charge in [-0.25, -0.2) is 4.39 Å². The van der Waals surface area contributed by atoms with Gasteiger partial charge in [0.1, 0.15) is 11.4 Å². The Bertz CT molecular complexity index is 660. The molecule has 0 aliphatic heterocycles. The summed E-state index contributed by atoms with van der Waals surface area (Å²) < 4.78 is 13.7. The van der Waals surface area contributed by atoms with E-state index in [4.69, 9.17) is 0 Å². The van der Waals surface area contributed by atoms with Gasteiger partial charge >= 0.3 is 0 Å². The molecule has 92 valence electrons. The van der Waals surface area contributed by atoms with E-state index in [1.807, 2.05) is 6.92 Å². The van der Waals surface area contributed by atoms with Gasteiger partial charge in [-0.1, -0.05) is 11.8 Å². The van der Waals surface area contributed by atoms with Gasteiger partial charge in [0.05, 0.1) is 11.1 Å². The number of fused-ring (bicyclic) bond motifs is 1. The zero-order valence-corrected chi connectivity index (χ0v) is 10.6. The molecule has 1 aromatic carbocycles. The molecule has 0 aliphatic rings. The number of aliphatic hydroxyl groups is 1. The van der Waals surface area contributed by atoms with Crippen molar-refractivity contribution < 1.29 is 9.50 Å². The van der Waals surface area contributed by atoms with Crippen LogP contribution >= 0.6 is 0 Å². The average molecular weight is 243 g/mol. The summed E-state index contributed by atoms with van der Waals surface area (Å²) in [5.41, 5.74) is 0.964. The normalized spacial score (nSPS) is 11.2. The number of hydrogen-bond donors (Lipinski definition) is 1. The number of pyridine rings is 1. The van der Waals surface area contributed by atoms with E-state index < -0.39 is 5.60 Å². The Hall–Kier alpha value is -1.92. The Kier molecular flexibility index (Phi) is 3.06. The fraction of sp³-hybridized carbons (Fsp3) is 0.267. The monoisotopic (exact) mass is 243 g/mol. The van der Waals surface area contributed by atoms with Crippen molar-refractivity contribution in [3.63, 3.8) is 0 Å². The summed E-state index contributed by atoms with van der Waals surface area (Å²) in [5.74, 6) is 5.24. The highest BCUT2D eigenvalue weighted by atomic mass is 19.1. The number of benzene rings is 1. The highest BCUT2D eigenvalue weighted by molar-refractivity contribution is 5.85. The summed E-state index contributed by atoms with van der Waals surface area (Å²) in [5, 5.41) is 10.0. The van der Waals surface area contributed by atoms with Crippen molar-refractivity contribution in [1.29, 1.82) is 0 Å². The Morgan fingerprint density at radius 2 is 2.06 bits per heavy atom. The molecule has 0 spiro atoms. The molecule has 18 heavy (non-hydrogen) atoms. The predicted molar refractivity (Wildman–Crippen MR) is 69.6 cm³/mol. The van der Waals surface area contributed by atoms with Crippen LogP contribution in [0, 0.1) is 24.6 Å². The highest BCUT2D eigenvalue weighted by Crippen LogP contribution is 2.20. The molecular formula is C15H14FNO. The van der Waals surface area contributed by atoms with Crippen LogP contribution in [-0.2, 0) is 0 Å². The first-order chi connectivity index (χ1) is 8.37. The van der Waals surface area contributed by atoms with Gasteiger partial charge in [-0.05, 0) is 44.5 Å². The van der Waals surface area contributed by atoms with Crippen LogP contribution in [0.4, 0.5) is 4.39 Å². The lowest BCUT2D eigenvalue weighted by molar-refractivity contribution is 0.143. The largest absolute Gasteiger partial charge is 0.378 e. The van der Waals surface area contributed by atoms with Crippen molar-refractivity contribution in [2.75, 3.05) is 0 Å². The van der Waals surface area contributed by atoms with Gasteiger partial charge in [0.15, 0.2) is 0 Å². The van der Waals surface area contributed by atoms with Crippen molar-refractivity contribution in [2.24, 2.45) is 0 Å². The first kappa shape index (κ1) is 12.5. The fourth-order valence-corrected chi connectivity index (χ4v) is 1.61. The Morgan fingerprint density at radius 1 is 1.33 bits per heavy atom. The molecule has 0 amide bonds. The van der Waals surface area contributed by atoms with Crippen molar-refractivity contribution in [3.05, 3.63) is 41.3 Å². The lowest BCUT2D eigenvalue weighted by atomic mass is 10.1. The van der Waals surface area contributed by atoms with Gasteiger partial charge in [0.25, 0.3) is 0 Å². The lowest BCUT2D eigenvalue weighted by Crippen LogP contribution is -2.14. The zero-order chi connectivity index (χ0) is 13.3. The van der Waals surface area contributed by atoms with E-state index in [0.29, 0.717) is 16.5 Å². The average Bonchev–Trinajstić information content (AvgIpc) is 2.27. The second-order valence-electron chi connectivity index (χ2n) is 4.81. The summed E-state index contributed by atoms with van der Waals surface area (Å²) in [4.78, 5) is 4.22. The maximum absolute atomic E-state index is 13.7. The predicted octanol–water partition coefficient (Wildman–Crippen LogP) is 2.80. The van der Waals surface area contributed by atoms with Crippen LogP contribution in [0.5, 0.6) is 0 Å². The van der Waals surface area contributed by atoms with Crippen LogP contribution in [0.15, 0.2) is 24.4 Å². The fourth-order valence-electron chi connectivity index (χ4n) is 1.61. The van der Waals surface area contributed by atoms with E-state index in [0.717, 1.165) is 5.56 Å². The van der Waals surface area contributed by atoms with E-state index in [9.17, 15) is 9.50 Å². The van der Waals surface area contributed by atoms with Crippen LogP contribution in [0.25, 0.3) is 10.9 Å². The first-order valence-corrected chi connectivity index (χ1v) is 5.67. The second-order valence-corrected chi connectivity index (χ2v) is 4.81. The molecule has 3 heteroatoms. The van der Waals surface area contributed by atoms with Gasteiger partial charge in [-0.15, -0.1) is 0 Å². The van der Waals surface area contributed by atoms with Crippen molar-refractivity contribution in [2.45, 2.75) is 26.4 Å². The van der Waals surface area contributed by atoms with Gasteiger partial charge < -0.3 is 5.11 Å². The van der Waals surface area contributed by atoms with Gasteiger partial charge in [-0.2, -0.15) is 0 Å². The van der Waals surface area contributed by atoms with Gasteiger partial charge in [0.2, 0.25) is 0 Å². The Balaban J connectivity index is 2.66. The topological polar surface area (TPSA) is 33.1 Å². The van der Waals surface area contributed by atoms with Crippen LogP contribution in [0.1, 0.15) is 25.0 Å². The smallest absolute Gasteiger partial charge is 0.132 e. The van der Waals surface area contributed by atoms with E-state index in [-0.39, 0.29) is 5.82 Å². The van der Waals surface area contributed by atoms with E-state index in [1.54, 1.807) is 32.2 Å². The van der Waals surface area contributed by atoms with Crippen LogP contribution in [0.2, 0.25) is 0 Å². The maximum Gasteiger partial charge on any atom is 0.132 e. The molecule has 1 heterocycles. The summed E-state index contributed by atoms with van der Waals surface area (Å²) in [6.07, 6.45) is 1.68. The molecule has 0 saturated heterocycles. The van der Waals surface area contributed by atoms with Crippen LogP contribution in [-0.4, -0.2) is 15.7 Å². The molecule has 0 saturated carbocycles. The standard InChI is InChI=1S/C15H14FNO/c1-10-8-12-13(16)5-4-11(14(12)17-9-10)6-7-15(2,3)18/h4-5,8-9,18H,1-3H3. The molecule has 0 aliphatic carbocycles. The molecule has 0 unspecified atom stereocenters. The third-order valence-corrected chi connectivity index (χ3v) is 2.44.